The Morgan fingerprint density at radius 2 is 2.04 bits per heavy atom. The Bertz CT molecular complexity index is 851. The second kappa shape index (κ2) is 5.58. The number of H-pyrrole nitrogens is 1. The monoisotopic (exact) mass is 319 g/mol. The number of aromatic amines is 1. The van der Waals surface area contributed by atoms with Crippen molar-refractivity contribution in [3.8, 4) is 0 Å². The molecule has 1 aromatic carbocycles. The summed E-state index contributed by atoms with van der Waals surface area (Å²) in [5.74, 6) is 2.73. The Labute approximate surface area is 141 Å². The lowest BCUT2D eigenvalue weighted by Crippen LogP contribution is -2.36. The molecule has 1 aliphatic carbocycles. The predicted octanol–water partition coefficient (Wildman–Crippen LogP) is 3.23. The SMILES string of the molecule is c1ccc2[nH]c([C@@H]3CCCN(c4ncnc5c4CCC5)C3)nc2c1. The molecule has 2 aromatic heterocycles. The highest BCUT2D eigenvalue weighted by Gasteiger charge is 2.28. The number of hydrogen-bond donors (Lipinski definition) is 1. The largest absolute Gasteiger partial charge is 0.356 e. The molecule has 1 aliphatic heterocycles. The second-order valence-electron chi connectivity index (χ2n) is 6.90. The highest BCUT2D eigenvalue weighted by atomic mass is 15.2. The van der Waals surface area contributed by atoms with Crippen LogP contribution in [0.3, 0.4) is 0 Å². The molecule has 1 N–H and O–H groups in total. The summed E-state index contributed by atoms with van der Waals surface area (Å²) >= 11 is 0. The average molecular weight is 319 g/mol. The van der Waals surface area contributed by atoms with E-state index in [4.69, 9.17) is 4.98 Å². The molecule has 0 radical (unpaired) electrons. The van der Waals surface area contributed by atoms with Gasteiger partial charge in [-0.05, 0) is 44.2 Å². The zero-order chi connectivity index (χ0) is 15.9. The van der Waals surface area contributed by atoms with E-state index in [-0.39, 0.29) is 0 Å². The maximum absolute atomic E-state index is 4.82. The molecular weight excluding hydrogens is 298 g/mol. The van der Waals surface area contributed by atoms with Gasteiger partial charge in [0.15, 0.2) is 0 Å². The second-order valence-corrected chi connectivity index (χ2v) is 6.90. The van der Waals surface area contributed by atoms with Crippen molar-refractivity contribution in [1.82, 2.24) is 19.9 Å². The quantitative estimate of drug-likeness (QED) is 0.788. The van der Waals surface area contributed by atoms with Crippen LogP contribution in [0, 0.1) is 0 Å². The number of fused-ring (bicyclic) bond motifs is 2. The molecule has 24 heavy (non-hydrogen) atoms. The normalized spacial score (nSPS) is 20.5. The standard InChI is InChI=1S/C19H21N5/c1-2-8-17-16(7-1)22-18(23-17)13-5-4-10-24(11-13)19-14-6-3-9-15(14)20-12-21-19/h1-2,7-8,12-13H,3-6,9-11H2,(H,22,23)/t13-/m1/s1. The van der Waals surface area contributed by atoms with Crippen molar-refractivity contribution in [2.45, 2.75) is 38.0 Å². The fourth-order valence-corrected chi connectivity index (χ4v) is 4.17. The Balaban J connectivity index is 1.45. The van der Waals surface area contributed by atoms with Crippen molar-refractivity contribution in [1.29, 1.82) is 0 Å². The third-order valence-electron chi connectivity index (χ3n) is 5.37. The number of imidazole rings is 1. The molecule has 5 nitrogen and oxygen atoms in total. The first-order valence-corrected chi connectivity index (χ1v) is 8.91. The zero-order valence-electron chi connectivity index (χ0n) is 13.7. The number of aromatic nitrogens is 4. The van der Waals surface area contributed by atoms with Crippen LogP contribution in [-0.4, -0.2) is 33.0 Å². The summed E-state index contributed by atoms with van der Waals surface area (Å²) in [5, 5.41) is 0. The lowest BCUT2D eigenvalue weighted by Gasteiger charge is -2.33. The first kappa shape index (κ1) is 14.0. The van der Waals surface area contributed by atoms with Crippen LogP contribution >= 0.6 is 0 Å². The molecule has 1 fully saturated rings. The summed E-state index contributed by atoms with van der Waals surface area (Å²) in [6, 6.07) is 8.28. The van der Waals surface area contributed by atoms with E-state index in [2.05, 4.69) is 38.1 Å². The number of nitrogens with one attached hydrogen (secondary N) is 1. The van der Waals surface area contributed by atoms with Crippen LogP contribution in [0.25, 0.3) is 11.0 Å². The fraction of sp³-hybridized carbons (Fsp3) is 0.421. The van der Waals surface area contributed by atoms with Gasteiger partial charge in [0.1, 0.15) is 18.0 Å². The Morgan fingerprint density at radius 1 is 1.08 bits per heavy atom. The van der Waals surface area contributed by atoms with Crippen molar-refractivity contribution in [2.24, 2.45) is 0 Å². The number of piperidine rings is 1. The first-order chi connectivity index (χ1) is 11.9. The van der Waals surface area contributed by atoms with Gasteiger partial charge in [-0.15, -0.1) is 0 Å². The maximum atomic E-state index is 4.82. The van der Waals surface area contributed by atoms with Crippen molar-refractivity contribution in [3.63, 3.8) is 0 Å². The number of rotatable bonds is 2. The highest BCUT2D eigenvalue weighted by molar-refractivity contribution is 5.74. The van der Waals surface area contributed by atoms with E-state index in [0.29, 0.717) is 5.92 Å². The van der Waals surface area contributed by atoms with Crippen LogP contribution in [0.1, 0.15) is 42.3 Å². The van der Waals surface area contributed by atoms with Gasteiger partial charge in [-0.1, -0.05) is 12.1 Å². The van der Waals surface area contributed by atoms with Gasteiger partial charge in [0, 0.05) is 30.3 Å². The van der Waals surface area contributed by atoms with E-state index in [1.165, 1.54) is 36.3 Å². The molecule has 1 saturated heterocycles. The number of anilines is 1. The van der Waals surface area contributed by atoms with Gasteiger partial charge in [-0.2, -0.15) is 0 Å². The third-order valence-corrected chi connectivity index (χ3v) is 5.37. The molecular formula is C19H21N5. The van der Waals surface area contributed by atoms with E-state index >= 15 is 0 Å². The summed E-state index contributed by atoms with van der Waals surface area (Å²) < 4.78 is 0. The minimum atomic E-state index is 0.443. The molecule has 5 heteroatoms. The summed E-state index contributed by atoms with van der Waals surface area (Å²) in [6.07, 6.45) is 7.54. The molecule has 0 spiro atoms. The number of nitrogens with zero attached hydrogens (tertiary/aromatic N) is 4. The van der Waals surface area contributed by atoms with E-state index < -0.39 is 0 Å². The van der Waals surface area contributed by atoms with Crippen LogP contribution in [-0.2, 0) is 12.8 Å². The number of para-hydroxylation sites is 2. The van der Waals surface area contributed by atoms with Crippen LogP contribution in [0.15, 0.2) is 30.6 Å². The topological polar surface area (TPSA) is 57.7 Å². The van der Waals surface area contributed by atoms with Crippen LogP contribution < -0.4 is 4.90 Å². The highest BCUT2D eigenvalue weighted by Crippen LogP contribution is 2.33. The van der Waals surface area contributed by atoms with Gasteiger partial charge in [0.2, 0.25) is 0 Å². The summed E-state index contributed by atoms with van der Waals surface area (Å²) in [5.41, 5.74) is 4.83. The van der Waals surface area contributed by atoms with Crippen molar-refractivity contribution in [3.05, 3.63) is 47.7 Å². The molecule has 1 atom stereocenters. The van der Waals surface area contributed by atoms with E-state index in [0.717, 1.165) is 42.8 Å². The average Bonchev–Trinajstić information content (AvgIpc) is 3.28. The van der Waals surface area contributed by atoms with Crippen molar-refractivity contribution < 1.29 is 0 Å². The molecule has 3 heterocycles. The van der Waals surface area contributed by atoms with Gasteiger partial charge in [0.25, 0.3) is 0 Å². The number of benzene rings is 1. The van der Waals surface area contributed by atoms with Crippen LogP contribution in [0.2, 0.25) is 0 Å². The molecule has 122 valence electrons. The molecule has 5 rings (SSSR count). The number of aryl methyl sites for hydroxylation is 1. The summed E-state index contributed by atoms with van der Waals surface area (Å²) in [6.45, 7) is 2.07. The smallest absolute Gasteiger partial charge is 0.135 e. The van der Waals surface area contributed by atoms with E-state index in [9.17, 15) is 0 Å². The Kier molecular flexibility index (Phi) is 3.25. The maximum Gasteiger partial charge on any atom is 0.135 e. The molecule has 0 bridgehead atoms. The van der Waals surface area contributed by atoms with Gasteiger partial charge >= 0.3 is 0 Å². The van der Waals surface area contributed by atoms with Crippen molar-refractivity contribution in [2.75, 3.05) is 18.0 Å². The summed E-state index contributed by atoms with van der Waals surface area (Å²) in [4.78, 5) is 19.9. The predicted molar refractivity (Wildman–Crippen MR) is 94.3 cm³/mol. The molecule has 0 saturated carbocycles. The van der Waals surface area contributed by atoms with Gasteiger partial charge < -0.3 is 9.88 Å². The van der Waals surface area contributed by atoms with Gasteiger partial charge in [-0.25, -0.2) is 15.0 Å². The van der Waals surface area contributed by atoms with E-state index in [1.54, 1.807) is 6.33 Å². The van der Waals surface area contributed by atoms with Gasteiger partial charge in [0.05, 0.1) is 11.0 Å². The summed E-state index contributed by atoms with van der Waals surface area (Å²) in [7, 11) is 0. The van der Waals surface area contributed by atoms with Crippen LogP contribution in [0.5, 0.6) is 0 Å². The number of hydrogen-bond acceptors (Lipinski definition) is 4. The Hall–Kier alpha value is -2.43. The molecule has 0 amide bonds. The molecule has 3 aromatic rings. The lowest BCUT2D eigenvalue weighted by atomic mass is 9.97. The minimum absolute atomic E-state index is 0.443. The first-order valence-electron chi connectivity index (χ1n) is 8.91. The zero-order valence-corrected chi connectivity index (χ0v) is 13.7. The minimum Gasteiger partial charge on any atom is -0.356 e. The lowest BCUT2D eigenvalue weighted by molar-refractivity contribution is 0.491. The van der Waals surface area contributed by atoms with Gasteiger partial charge in [-0.3, -0.25) is 0 Å². The van der Waals surface area contributed by atoms with Crippen LogP contribution in [0.4, 0.5) is 5.82 Å². The fourth-order valence-electron chi connectivity index (χ4n) is 4.17. The molecule has 0 unspecified atom stereocenters. The Morgan fingerprint density at radius 3 is 3.00 bits per heavy atom. The van der Waals surface area contributed by atoms with E-state index in [1.807, 2.05) is 6.07 Å². The molecule has 2 aliphatic rings. The third kappa shape index (κ3) is 2.27. The van der Waals surface area contributed by atoms with Crippen molar-refractivity contribution >= 4 is 16.9 Å².